The van der Waals surface area contributed by atoms with E-state index in [-0.39, 0.29) is 18.2 Å². The van der Waals surface area contributed by atoms with Crippen LogP contribution in [0.2, 0.25) is 0 Å². The number of nitrogens with one attached hydrogen (secondary N) is 1. The van der Waals surface area contributed by atoms with Crippen LogP contribution >= 0.6 is 0 Å². The lowest BCUT2D eigenvalue weighted by molar-refractivity contribution is -0.0959. The van der Waals surface area contributed by atoms with Crippen molar-refractivity contribution in [3.8, 4) is 0 Å². The Morgan fingerprint density at radius 3 is 2.90 bits per heavy atom. The molecular formula is C16H22N2O3. The van der Waals surface area contributed by atoms with Crippen LogP contribution in [0.3, 0.4) is 0 Å². The lowest BCUT2D eigenvalue weighted by atomic mass is 9.98. The molecule has 2 aliphatic rings. The molecule has 0 aromatic heterocycles. The lowest BCUT2D eigenvalue weighted by Crippen LogP contribution is -2.45. The highest BCUT2D eigenvalue weighted by Crippen LogP contribution is 2.25. The Balaban J connectivity index is 1.59. The minimum Gasteiger partial charge on any atom is -0.350 e. The van der Waals surface area contributed by atoms with Gasteiger partial charge in [-0.15, -0.1) is 0 Å². The van der Waals surface area contributed by atoms with Crippen molar-refractivity contribution in [3.05, 3.63) is 29.8 Å². The normalized spacial score (nSPS) is 23.3. The summed E-state index contributed by atoms with van der Waals surface area (Å²) in [5.74, 6) is 0.282. The van der Waals surface area contributed by atoms with E-state index >= 15 is 0 Å². The van der Waals surface area contributed by atoms with Crippen molar-refractivity contribution in [3.63, 3.8) is 0 Å². The fraction of sp³-hybridized carbons (Fsp3) is 0.562. The third-order valence-electron chi connectivity index (χ3n) is 4.05. The van der Waals surface area contributed by atoms with Crippen molar-refractivity contribution in [2.75, 3.05) is 31.6 Å². The van der Waals surface area contributed by atoms with Gasteiger partial charge in [0.25, 0.3) is 0 Å². The molecule has 2 heterocycles. The van der Waals surface area contributed by atoms with Gasteiger partial charge >= 0.3 is 6.03 Å². The standard InChI is InChI=1S/C16H22N2O3/c1-12-4-2-6-14(10-12)17-16(19)18-7-3-5-13(11-18)15-20-8-9-21-15/h2,4,6,10,13,15H,3,5,7-9,11H2,1H3,(H,17,19). The van der Waals surface area contributed by atoms with Crippen molar-refractivity contribution >= 4 is 11.7 Å². The molecule has 1 unspecified atom stereocenters. The zero-order valence-corrected chi connectivity index (χ0v) is 12.4. The third kappa shape index (κ3) is 3.54. The first-order valence-electron chi connectivity index (χ1n) is 7.58. The van der Waals surface area contributed by atoms with E-state index in [1.54, 1.807) is 0 Å². The molecular weight excluding hydrogens is 268 g/mol. The summed E-state index contributed by atoms with van der Waals surface area (Å²) in [5.41, 5.74) is 1.98. The van der Waals surface area contributed by atoms with Crippen LogP contribution in [0.4, 0.5) is 10.5 Å². The number of rotatable bonds is 2. The molecule has 0 spiro atoms. The van der Waals surface area contributed by atoms with E-state index in [9.17, 15) is 4.79 Å². The Labute approximate surface area is 125 Å². The van der Waals surface area contributed by atoms with E-state index in [1.807, 2.05) is 36.1 Å². The van der Waals surface area contributed by atoms with Gasteiger partial charge in [-0.2, -0.15) is 0 Å². The summed E-state index contributed by atoms with van der Waals surface area (Å²) in [7, 11) is 0. The monoisotopic (exact) mass is 290 g/mol. The fourth-order valence-corrected chi connectivity index (χ4v) is 2.99. The van der Waals surface area contributed by atoms with Crippen LogP contribution in [-0.4, -0.2) is 43.5 Å². The van der Waals surface area contributed by atoms with Gasteiger partial charge in [0, 0.05) is 24.7 Å². The van der Waals surface area contributed by atoms with Crippen molar-refractivity contribution in [2.24, 2.45) is 5.92 Å². The number of likely N-dealkylation sites (tertiary alicyclic amines) is 1. The Morgan fingerprint density at radius 2 is 2.14 bits per heavy atom. The predicted molar refractivity (Wildman–Crippen MR) is 80.2 cm³/mol. The minimum absolute atomic E-state index is 0.0386. The Kier molecular flexibility index (Phi) is 4.41. The van der Waals surface area contributed by atoms with Crippen LogP contribution in [-0.2, 0) is 9.47 Å². The number of amides is 2. The minimum atomic E-state index is -0.139. The van der Waals surface area contributed by atoms with Gasteiger partial charge in [0.1, 0.15) is 0 Å². The molecule has 5 heteroatoms. The van der Waals surface area contributed by atoms with Gasteiger partial charge < -0.3 is 19.7 Å². The first-order valence-corrected chi connectivity index (χ1v) is 7.58. The number of carbonyl (C=O) groups excluding carboxylic acids is 1. The molecule has 0 bridgehead atoms. The molecule has 1 aromatic rings. The Bertz CT molecular complexity index is 500. The zero-order valence-electron chi connectivity index (χ0n) is 12.4. The van der Waals surface area contributed by atoms with E-state index in [1.165, 1.54) is 0 Å². The molecule has 0 aliphatic carbocycles. The average Bonchev–Trinajstić information content (AvgIpc) is 3.02. The summed E-state index contributed by atoms with van der Waals surface area (Å²) in [6.07, 6.45) is 1.91. The molecule has 1 N–H and O–H groups in total. The number of hydrogen-bond acceptors (Lipinski definition) is 3. The van der Waals surface area contributed by atoms with Gasteiger partial charge in [-0.3, -0.25) is 0 Å². The van der Waals surface area contributed by atoms with Crippen molar-refractivity contribution < 1.29 is 14.3 Å². The van der Waals surface area contributed by atoms with Crippen LogP contribution in [0, 0.1) is 12.8 Å². The van der Waals surface area contributed by atoms with Gasteiger partial charge in [0.2, 0.25) is 0 Å². The number of carbonyl (C=O) groups is 1. The molecule has 2 fully saturated rings. The lowest BCUT2D eigenvalue weighted by Gasteiger charge is -2.34. The summed E-state index contributed by atoms with van der Waals surface area (Å²) in [4.78, 5) is 14.2. The fourth-order valence-electron chi connectivity index (χ4n) is 2.99. The number of nitrogens with zero attached hydrogens (tertiary/aromatic N) is 1. The summed E-state index contributed by atoms with van der Waals surface area (Å²) < 4.78 is 11.1. The number of aryl methyl sites for hydroxylation is 1. The summed E-state index contributed by atoms with van der Waals surface area (Å²) in [6.45, 7) is 4.83. The van der Waals surface area contributed by atoms with Gasteiger partial charge in [-0.05, 0) is 37.5 Å². The predicted octanol–water partition coefficient (Wildman–Crippen LogP) is 2.61. The number of anilines is 1. The van der Waals surface area contributed by atoms with E-state index in [0.29, 0.717) is 19.8 Å². The van der Waals surface area contributed by atoms with E-state index in [0.717, 1.165) is 30.6 Å². The van der Waals surface area contributed by atoms with Gasteiger partial charge in [0.05, 0.1) is 13.2 Å². The first kappa shape index (κ1) is 14.4. The zero-order chi connectivity index (χ0) is 14.7. The van der Waals surface area contributed by atoms with Crippen LogP contribution in [0.25, 0.3) is 0 Å². The second-order valence-corrected chi connectivity index (χ2v) is 5.76. The maximum absolute atomic E-state index is 12.4. The number of urea groups is 1. The quantitative estimate of drug-likeness (QED) is 0.911. The number of ether oxygens (including phenoxy) is 2. The molecule has 3 rings (SSSR count). The van der Waals surface area contributed by atoms with Crippen LogP contribution in [0.1, 0.15) is 18.4 Å². The number of piperidine rings is 1. The summed E-state index contributed by atoms with van der Waals surface area (Å²) in [5, 5.41) is 2.97. The summed E-state index contributed by atoms with van der Waals surface area (Å²) >= 11 is 0. The Morgan fingerprint density at radius 1 is 1.33 bits per heavy atom. The van der Waals surface area contributed by atoms with Crippen LogP contribution < -0.4 is 5.32 Å². The molecule has 2 aliphatic heterocycles. The average molecular weight is 290 g/mol. The van der Waals surface area contributed by atoms with Crippen LogP contribution in [0.15, 0.2) is 24.3 Å². The van der Waals surface area contributed by atoms with Crippen molar-refractivity contribution in [1.29, 1.82) is 0 Å². The molecule has 2 amide bonds. The molecule has 5 nitrogen and oxygen atoms in total. The molecule has 0 radical (unpaired) electrons. The van der Waals surface area contributed by atoms with E-state index in [4.69, 9.17) is 9.47 Å². The molecule has 1 aromatic carbocycles. The Hall–Kier alpha value is -1.59. The number of benzene rings is 1. The molecule has 2 saturated heterocycles. The molecule has 1 atom stereocenters. The van der Waals surface area contributed by atoms with Gasteiger partial charge in [-0.25, -0.2) is 4.79 Å². The second kappa shape index (κ2) is 6.45. The molecule has 21 heavy (non-hydrogen) atoms. The molecule has 114 valence electrons. The third-order valence-corrected chi connectivity index (χ3v) is 4.05. The smallest absolute Gasteiger partial charge is 0.321 e. The van der Waals surface area contributed by atoms with E-state index < -0.39 is 0 Å². The van der Waals surface area contributed by atoms with Crippen molar-refractivity contribution in [2.45, 2.75) is 26.1 Å². The SMILES string of the molecule is Cc1cccc(NC(=O)N2CCCC(C3OCCO3)C2)c1. The van der Waals surface area contributed by atoms with Gasteiger partial charge in [0.15, 0.2) is 6.29 Å². The first-order chi connectivity index (χ1) is 10.2. The second-order valence-electron chi connectivity index (χ2n) is 5.76. The highest BCUT2D eigenvalue weighted by Gasteiger charge is 2.32. The largest absolute Gasteiger partial charge is 0.350 e. The topological polar surface area (TPSA) is 50.8 Å². The summed E-state index contributed by atoms with van der Waals surface area (Å²) in [6, 6.07) is 7.81. The van der Waals surface area contributed by atoms with Gasteiger partial charge in [-0.1, -0.05) is 12.1 Å². The number of hydrogen-bond donors (Lipinski definition) is 1. The highest BCUT2D eigenvalue weighted by molar-refractivity contribution is 5.89. The maximum Gasteiger partial charge on any atom is 0.321 e. The highest BCUT2D eigenvalue weighted by atomic mass is 16.7. The van der Waals surface area contributed by atoms with Crippen LogP contribution in [0.5, 0.6) is 0 Å². The molecule has 0 saturated carbocycles. The van der Waals surface area contributed by atoms with E-state index in [2.05, 4.69) is 5.32 Å². The van der Waals surface area contributed by atoms with Crippen molar-refractivity contribution in [1.82, 2.24) is 4.90 Å². The maximum atomic E-state index is 12.4.